The van der Waals surface area contributed by atoms with E-state index in [0.29, 0.717) is 34.3 Å². The van der Waals surface area contributed by atoms with Crippen LogP contribution in [0.5, 0.6) is 5.75 Å². The summed E-state index contributed by atoms with van der Waals surface area (Å²) < 4.78 is 74.3. The maximum absolute atomic E-state index is 14.2. The second-order valence-electron chi connectivity index (χ2n) is 7.97. The van der Waals surface area contributed by atoms with Crippen molar-refractivity contribution in [2.24, 2.45) is 0 Å². The molecule has 1 aliphatic heterocycles. The summed E-state index contributed by atoms with van der Waals surface area (Å²) in [6, 6.07) is 11.6. The fraction of sp³-hybridized carbons (Fsp3) is 0.240. The lowest BCUT2D eigenvalue weighted by molar-refractivity contribution is 0.102. The van der Waals surface area contributed by atoms with Crippen molar-refractivity contribution in [2.45, 2.75) is 6.92 Å². The van der Waals surface area contributed by atoms with E-state index >= 15 is 0 Å². The highest BCUT2D eigenvalue weighted by Gasteiger charge is 2.31. The standard InChI is InChI=1S/C25H21ClF5N3O2/c1-2-36-16-5-3-4-14(12-16)25(35)32-15-6-7-18(17(26)13-15)33-8-10-34(11-9-33)24-22(30)20(28)19(27)21(29)23(24)31/h3-7,12-13H,2,8-11H2,1H3,(H,32,35). The van der Waals surface area contributed by atoms with Gasteiger partial charge in [0.1, 0.15) is 11.4 Å². The van der Waals surface area contributed by atoms with Crippen LogP contribution >= 0.6 is 11.6 Å². The first-order valence-corrected chi connectivity index (χ1v) is 11.4. The van der Waals surface area contributed by atoms with E-state index in [0.717, 1.165) is 4.90 Å². The predicted octanol–water partition coefficient (Wildman–Crippen LogP) is 6.01. The van der Waals surface area contributed by atoms with E-state index in [2.05, 4.69) is 5.32 Å². The van der Waals surface area contributed by atoms with Crippen LogP contribution < -0.4 is 19.9 Å². The van der Waals surface area contributed by atoms with E-state index in [1.807, 2.05) is 11.8 Å². The van der Waals surface area contributed by atoms with Gasteiger partial charge in [0, 0.05) is 37.4 Å². The average Bonchev–Trinajstić information content (AvgIpc) is 2.87. The summed E-state index contributed by atoms with van der Waals surface area (Å²) in [5, 5.41) is 3.08. The summed E-state index contributed by atoms with van der Waals surface area (Å²) in [7, 11) is 0. The number of nitrogens with one attached hydrogen (secondary N) is 1. The van der Waals surface area contributed by atoms with E-state index in [9.17, 15) is 26.7 Å². The molecule has 0 spiro atoms. The Morgan fingerprint density at radius 3 is 2.11 bits per heavy atom. The van der Waals surface area contributed by atoms with E-state index in [1.54, 1.807) is 42.5 Å². The summed E-state index contributed by atoms with van der Waals surface area (Å²) in [6.07, 6.45) is 0. The zero-order valence-electron chi connectivity index (χ0n) is 19.1. The van der Waals surface area contributed by atoms with Gasteiger partial charge in [0.2, 0.25) is 5.82 Å². The molecule has 0 unspecified atom stereocenters. The van der Waals surface area contributed by atoms with Gasteiger partial charge >= 0.3 is 0 Å². The van der Waals surface area contributed by atoms with Crippen LogP contribution in [-0.4, -0.2) is 38.7 Å². The van der Waals surface area contributed by atoms with Crippen LogP contribution in [-0.2, 0) is 0 Å². The highest BCUT2D eigenvalue weighted by atomic mass is 35.5. The van der Waals surface area contributed by atoms with Gasteiger partial charge in [-0.15, -0.1) is 0 Å². The summed E-state index contributed by atoms with van der Waals surface area (Å²) in [5.74, 6) is -9.63. The molecule has 190 valence electrons. The third-order valence-corrected chi connectivity index (χ3v) is 6.04. The first-order chi connectivity index (χ1) is 17.2. The van der Waals surface area contributed by atoms with Gasteiger partial charge < -0.3 is 19.9 Å². The van der Waals surface area contributed by atoms with Crippen molar-refractivity contribution in [2.75, 3.05) is 47.9 Å². The largest absolute Gasteiger partial charge is 0.494 e. The Kier molecular flexibility index (Phi) is 7.53. The van der Waals surface area contributed by atoms with Gasteiger partial charge in [0.15, 0.2) is 23.3 Å². The topological polar surface area (TPSA) is 44.8 Å². The molecule has 0 aliphatic carbocycles. The average molecular weight is 526 g/mol. The van der Waals surface area contributed by atoms with Crippen molar-refractivity contribution in [3.8, 4) is 5.75 Å². The van der Waals surface area contributed by atoms with Crippen LogP contribution in [0.4, 0.5) is 39.0 Å². The van der Waals surface area contributed by atoms with Crippen molar-refractivity contribution in [1.82, 2.24) is 0 Å². The van der Waals surface area contributed by atoms with E-state index < -0.39 is 34.8 Å². The molecular weight excluding hydrogens is 505 g/mol. The lowest BCUT2D eigenvalue weighted by Crippen LogP contribution is -2.47. The first-order valence-electron chi connectivity index (χ1n) is 11.1. The third-order valence-electron chi connectivity index (χ3n) is 5.74. The zero-order chi connectivity index (χ0) is 26.0. The Balaban J connectivity index is 1.44. The molecule has 4 rings (SSSR count). The highest BCUT2D eigenvalue weighted by Crippen LogP contribution is 2.33. The number of halogens is 6. The van der Waals surface area contributed by atoms with Crippen LogP contribution in [0.15, 0.2) is 42.5 Å². The number of carbonyl (C=O) groups is 1. The zero-order valence-corrected chi connectivity index (χ0v) is 19.8. The minimum Gasteiger partial charge on any atom is -0.494 e. The molecule has 1 amide bonds. The number of hydrogen-bond acceptors (Lipinski definition) is 4. The van der Waals surface area contributed by atoms with Gasteiger partial charge in [-0.2, -0.15) is 0 Å². The quantitative estimate of drug-likeness (QED) is 0.243. The van der Waals surface area contributed by atoms with Gasteiger partial charge in [-0.05, 0) is 43.3 Å². The number of carbonyl (C=O) groups excluding carboxylic acids is 1. The maximum Gasteiger partial charge on any atom is 0.255 e. The Morgan fingerprint density at radius 2 is 1.50 bits per heavy atom. The fourth-order valence-electron chi connectivity index (χ4n) is 3.98. The second kappa shape index (κ2) is 10.6. The molecule has 1 fully saturated rings. The van der Waals surface area contributed by atoms with Gasteiger partial charge in [0.25, 0.3) is 5.91 Å². The van der Waals surface area contributed by atoms with Crippen molar-refractivity contribution >= 4 is 34.6 Å². The number of nitrogens with zero attached hydrogens (tertiary/aromatic N) is 2. The highest BCUT2D eigenvalue weighted by molar-refractivity contribution is 6.33. The SMILES string of the molecule is CCOc1cccc(C(=O)Nc2ccc(N3CCN(c4c(F)c(F)c(F)c(F)c4F)CC3)c(Cl)c2)c1. The van der Waals surface area contributed by atoms with Crippen molar-refractivity contribution < 1.29 is 31.5 Å². The number of amides is 1. The molecule has 1 N–H and O–H groups in total. The minimum absolute atomic E-state index is 0.00331. The number of ether oxygens (including phenoxy) is 1. The van der Waals surface area contributed by atoms with E-state index in [1.165, 1.54) is 0 Å². The lowest BCUT2D eigenvalue weighted by atomic mass is 10.1. The van der Waals surface area contributed by atoms with E-state index in [4.69, 9.17) is 16.3 Å². The smallest absolute Gasteiger partial charge is 0.255 e. The molecule has 0 saturated carbocycles. The van der Waals surface area contributed by atoms with Gasteiger partial charge in [-0.25, -0.2) is 22.0 Å². The van der Waals surface area contributed by atoms with Crippen molar-refractivity contribution in [3.05, 3.63) is 82.1 Å². The molecule has 3 aromatic carbocycles. The summed E-state index contributed by atoms with van der Waals surface area (Å²) in [6.45, 7) is 2.75. The second-order valence-corrected chi connectivity index (χ2v) is 8.38. The van der Waals surface area contributed by atoms with Crippen LogP contribution in [0.2, 0.25) is 5.02 Å². The van der Waals surface area contributed by atoms with Crippen molar-refractivity contribution in [1.29, 1.82) is 0 Å². The van der Waals surface area contributed by atoms with Crippen LogP contribution in [0, 0.1) is 29.1 Å². The summed E-state index contributed by atoms with van der Waals surface area (Å²) in [5.41, 5.74) is 0.523. The molecule has 0 aromatic heterocycles. The molecule has 0 bridgehead atoms. The Bertz CT molecular complexity index is 1270. The fourth-order valence-corrected chi connectivity index (χ4v) is 4.28. The normalized spacial score (nSPS) is 13.6. The molecule has 1 saturated heterocycles. The monoisotopic (exact) mass is 525 g/mol. The van der Waals surface area contributed by atoms with Crippen LogP contribution in [0.3, 0.4) is 0 Å². The van der Waals surface area contributed by atoms with Crippen LogP contribution in [0.1, 0.15) is 17.3 Å². The lowest BCUT2D eigenvalue weighted by Gasteiger charge is -2.38. The molecule has 0 radical (unpaired) electrons. The molecule has 3 aromatic rings. The van der Waals surface area contributed by atoms with E-state index in [-0.39, 0.29) is 32.1 Å². The molecule has 1 aliphatic rings. The van der Waals surface area contributed by atoms with Crippen molar-refractivity contribution in [3.63, 3.8) is 0 Å². The minimum atomic E-state index is -2.19. The first kappa shape index (κ1) is 25.6. The summed E-state index contributed by atoms with van der Waals surface area (Å²) in [4.78, 5) is 15.5. The Hall–Kier alpha value is -3.53. The van der Waals surface area contributed by atoms with Gasteiger partial charge in [-0.1, -0.05) is 17.7 Å². The number of rotatable bonds is 6. The van der Waals surface area contributed by atoms with Gasteiger partial charge in [0.05, 0.1) is 17.3 Å². The van der Waals surface area contributed by atoms with Crippen LogP contribution in [0.25, 0.3) is 0 Å². The molecular formula is C25H21ClF5N3O2. The van der Waals surface area contributed by atoms with Gasteiger partial charge in [-0.3, -0.25) is 4.79 Å². The number of piperazine rings is 1. The predicted molar refractivity (Wildman–Crippen MR) is 128 cm³/mol. The number of anilines is 3. The molecule has 11 heteroatoms. The molecule has 36 heavy (non-hydrogen) atoms. The third kappa shape index (κ3) is 5.04. The molecule has 0 atom stereocenters. The number of benzene rings is 3. The summed E-state index contributed by atoms with van der Waals surface area (Å²) >= 11 is 6.43. The Labute approximate surface area is 209 Å². The Morgan fingerprint density at radius 1 is 0.889 bits per heavy atom. The molecule has 1 heterocycles. The molecule has 5 nitrogen and oxygen atoms in total. The maximum atomic E-state index is 14.2. The number of hydrogen-bond donors (Lipinski definition) is 1.